The van der Waals surface area contributed by atoms with Gasteiger partial charge in [-0.3, -0.25) is 9.69 Å². The number of halogens is 2. The molecule has 0 unspecified atom stereocenters. The van der Waals surface area contributed by atoms with Gasteiger partial charge in [0.25, 0.3) is 5.91 Å². The average Bonchev–Trinajstić information content (AvgIpc) is 3.08. The summed E-state index contributed by atoms with van der Waals surface area (Å²) in [5, 5.41) is 1.05. The van der Waals surface area contributed by atoms with Crippen LogP contribution < -0.4 is 14.4 Å². The molecule has 1 aliphatic heterocycles. The molecule has 0 bridgehead atoms. The van der Waals surface area contributed by atoms with E-state index in [9.17, 15) is 4.79 Å². The van der Waals surface area contributed by atoms with Crippen LogP contribution in [0.5, 0.6) is 11.5 Å². The van der Waals surface area contributed by atoms with Gasteiger partial charge in [0.15, 0.2) is 15.8 Å². The van der Waals surface area contributed by atoms with Crippen molar-refractivity contribution in [3.05, 3.63) is 92.3 Å². The Hall–Kier alpha value is -2.51. The Kier molecular flexibility index (Phi) is 7.84. The number of rotatable bonds is 7. The van der Waals surface area contributed by atoms with Crippen LogP contribution in [-0.4, -0.2) is 16.8 Å². The number of ether oxygens (including phenoxy) is 2. The zero-order valence-electron chi connectivity index (χ0n) is 18.5. The number of anilines is 1. The summed E-state index contributed by atoms with van der Waals surface area (Å²) in [5.41, 5.74) is 3.53. The van der Waals surface area contributed by atoms with Crippen LogP contribution in [0.15, 0.2) is 65.6 Å². The van der Waals surface area contributed by atoms with Gasteiger partial charge < -0.3 is 9.47 Å². The second kappa shape index (κ2) is 10.8. The molecule has 0 spiro atoms. The molecule has 0 atom stereocenters. The van der Waals surface area contributed by atoms with Crippen molar-refractivity contribution in [3.8, 4) is 11.5 Å². The van der Waals surface area contributed by atoms with Gasteiger partial charge in [-0.2, -0.15) is 0 Å². The molecule has 4 nitrogen and oxygen atoms in total. The predicted octanol–water partition coefficient (Wildman–Crippen LogP) is 7.69. The third-order valence-corrected chi connectivity index (χ3v) is 6.85. The molecular weight excluding hydrogens is 509 g/mol. The molecule has 0 saturated carbocycles. The molecule has 34 heavy (non-hydrogen) atoms. The van der Waals surface area contributed by atoms with Crippen LogP contribution >= 0.6 is 47.2 Å². The van der Waals surface area contributed by atoms with Crippen molar-refractivity contribution >= 4 is 69.2 Å². The molecule has 174 valence electrons. The second-order valence-corrected chi connectivity index (χ2v) is 10.1. The van der Waals surface area contributed by atoms with E-state index in [0.717, 1.165) is 22.4 Å². The number of hydrogen-bond acceptors (Lipinski definition) is 5. The van der Waals surface area contributed by atoms with Crippen LogP contribution in [0.4, 0.5) is 5.69 Å². The van der Waals surface area contributed by atoms with Crippen LogP contribution in [0.3, 0.4) is 0 Å². The van der Waals surface area contributed by atoms with E-state index >= 15 is 0 Å². The smallest absolute Gasteiger partial charge is 0.270 e. The molecular formula is C26H21Cl2NO3S2. The van der Waals surface area contributed by atoms with E-state index in [1.54, 1.807) is 29.2 Å². The van der Waals surface area contributed by atoms with Crippen molar-refractivity contribution in [2.45, 2.75) is 20.5 Å². The molecule has 1 heterocycles. The van der Waals surface area contributed by atoms with E-state index in [1.165, 1.54) is 11.8 Å². The van der Waals surface area contributed by atoms with Gasteiger partial charge in [0.2, 0.25) is 0 Å². The Labute approximate surface area is 218 Å². The zero-order chi connectivity index (χ0) is 24.2. The van der Waals surface area contributed by atoms with E-state index in [-0.39, 0.29) is 5.91 Å². The number of nitrogens with zero attached hydrogens (tertiary/aromatic N) is 1. The lowest BCUT2D eigenvalue weighted by molar-refractivity contribution is -0.113. The van der Waals surface area contributed by atoms with Crippen LogP contribution in [0.2, 0.25) is 10.0 Å². The van der Waals surface area contributed by atoms with Gasteiger partial charge >= 0.3 is 0 Å². The van der Waals surface area contributed by atoms with Gasteiger partial charge in [-0.1, -0.05) is 77.0 Å². The minimum Gasteiger partial charge on any atom is -0.490 e. The van der Waals surface area contributed by atoms with Crippen molar-refractivity contribution in [2.75, 3.05) is 11.5 Å². The molecule has 0 N–H and O–H groups in total. The van der Waals surface area contributed by atoms with Gasteiger partial charge in [0.1, 0.15) is 6.61 Å². The second-order valence-electron chi connectivity index (χ2n) is 7.53. The van der Waals surface area contributed by atoms with Gasteiger partial charge in [0.05, 0.1) is 22.2 Å². The molecule has 0 aliphatic carbocycles. The fraction of sp³-hybridized carbons (Fsp3) is 0.154. The summed E-state index contributed by atoms with van der Waals surface area (Å²) in [6, 6.07) is 18.6. The average molecular weight is 530 g/mol. The summed E-state index contributed by atoms with van der Waals surface area (Å²) < 4.78 is 12.2. The van der Waals surface area contributed by atoms with Crippen molar-refractivity contribution < 1.29 is 14.3 Å². The maximum atomic E-state index is 13.1. The first-order valence-corrected chi connectivity index (χ1v) is 12.5. The summed E-state index contributed by atoms with van der Waals surface area (Å²) in [5.74, 6) is 0.781. The molecule has 8 heteroatoms. The number of carbonyl (C=O) groups excluding carboxylic acids is 1. The molecule has 0 aromatic heterocycles. The molecule has 1 fully saturated rings. The first-order chi connectivity index (χ1) is 16.4. The maximum Gasteiger partial charge on any atom is 0.270 e. The number of thiocarbonyl (C=S) groups is 1. The van der Waals surface area contributed by atoms with Gasteiger partial charge in [-0.25, -0.2) is 0 Å². The van der Waals surface area contributed by atoms with Gasteiger partial charge in [0, 0.05) is 5.02 Å². The maximum absolute atomic E-state index is 13.1. The molecule has 3 aromatic carbocycles. The highest BCUT2D eigenvalue weighted by atomic mass is 35.5. The van der Waals surface area contributed by atoms with Crippen LogP contribution in [0, 0.1) is 6.92 Å². The quantitative estimate of drug-likeness (QED) is 0.231. The van der Waals surface area contributed by atoms with E-state index in [1.807, 2.05) is 56.3 Å². The standard InChI is InChI=1S/C26H21Cl2NO3S2/c1-3-31-22-13-18(12-21(28)24(22)32-15-17-6-8-19(27)9-7-17)14-23-25(30)29(26(33)34-23)20-10-4-16(2)5-11-20/h4-14H,3,15H2,1-2H3/b23-14-. The Morgan fingerprint density at radius 3 is 2.41 bits per heavy atom. The van der Waals surface area contributed by atoms with Crippen molar-refractivity contribution in [3.63, 3.8) is 0 Å². The van der Waals surface area contributed by atoms with Crippen LogP contribution in [0.1, 0.15) is 23.6 Å². The lowest BCUT2D eigenvalue weighted by Crippen LogP contribution is -2.27. The number of benzene rings is 3. The predicted molar refractivity (Wildman–Crippen MR) is 145 cm³/mol. The number of amides is 1. The van der Waals surface area contributed by atoms with Gasteiger partial charge in [-0.05, 0) is 67.4 Å². The third kappa shape index (κ3) is 5.58. The lowest BCUT2D eigenvalue weighted by Gasteiger charge is -2.15. The van der Waals surface area contributed by atoms with E-state index in [4.69, 9.17) is 44.9 Å². The largest absolute Gasteiger partial charge is 0.490 e. The third-order valence-electron chi connectivity index (χ3n) is 5.01. The number of thioether (sulfide) groups is 1. The SMILES string of the molecule is CCOc1cc(/C=C2\SC(=S)N(c3ccc(C)cc3)C2=O)cc(Cl)c1OCc1ccc(Cl)cc1. The van der Waals surface area contributed by atoms with Crippen LogP contribution in [-0.2, 0) is 11.4 Å². The normalized spacial score (nSPS) is 14.7. The molecule has 1 amide bonds. The van der Waals surface area contributed by atoms with E-state index < -0.39 is 0 Å². The number of carbonyl (C=O) groups is 1. The van der Waals surface area contributed by atoms with Crippen LogP contribution in [0.25, 0.3) is 6.08 Å². The number of aryl methyl sites for hydroxylation is 1. The molecule has 1 saturated heterocycles. The van der Waals surface area contributed by atoms with E-state index in [0.29, 0.717) is 44.0 Å². The summed E-state index contributed by atoms with van der Waals surface area (Å²) in [6.45, 7) is 4.63. The first-order valence-electron chi connectivity index (χ1n) is 10.5. The van der Waals surface area contributed by atoms with Crippen molar-refractivity contribution in [1.29, 1.82) is 0 Å². The summed E-state index contributed by atoms with van der Waals surface area (Å²) in [7, 11) is 0. The molecule has 1 aliphatic rings. The summed E-state index contributed by atoms with van der Waals surface area (Å²) >= 11 is 19.3. The molecule has 3 aromatic rings. The minimum atomic E-state index is -0.170. The monoisotopic (exact) mass is 529 g/mol. The molecule has 0 radical (unpaired) electrons. The fourth-order valence-corrected chi connectivity index (χ4v) is 5.04. The fourth-order valence-electron chi connectivity index (χ4n) is 3.35. The number of hydrogen-bond donors (Lipinski definition) is 0. The Morgan fingerprint density at radius 1 is 1.03 bits per heavy atom. The van der Waals surface area contributed by atoms with Crippen molar-refractivity contribution in [1.82, 2.24) is 0 Å². The highest BCUT2D eigenvalue weighted by Crippen LogP contribution is 2.40. The highest BCUT2D eigenvalue weighted by molar-refractivity contribution is 8.27. The summed E-state index contributed by atoms with van der Waals surface area (Å²) in [6.07, 6.45) is 1.77. The van der Waals surface area contributed by atoms with E-state index in [2.05, 4.69) is 0 Å². The minimum absolute atomic E-state index is 0.170. The molecule has 4 rings (SSSR count). The topological polar surface area (TPSA) is 38.8 Å². The highest BCUT2D eigenvalue weighted by Gasteiger charge is 2.33. The van der Waals surface area contributed by atoms with Crippen molar-refractivity contribution in [2.24, 2.45) is 0 Å². The Balaban J connectivity index is 1.59. The Bertz CT molecular complexity index is 1260. The zero-order valence-corrected chi connectivity index (χ0v) is 21.7. The van der Waals surface area contributed by atoms with Gasteiger partial charge in [-0.15, -0.1) is 0 Å². The Morgan fingerprint density at radius 2 is 1.74 bits per heavy atom. The lowest BCUT2D eigenvalue weighted by atomic mass is 10.1. The summed E-state index contributed by atoms with van der Waals surface area (Å²) in [4.78, 5) is 15.2. The first kappa shape index (κ1) is 24.6.